The van der Waals surface area contributed by atoms with E-state index in [1.807, 2.05) is 37.3 Å². The van der Waals surface area contributed by atoms with Gasteiger partial charge in [-0.2, -0.15) is 0 Å². The first-order valence-corrected chi connectivity index (χ1v) is 7.69. The first kappa shape index (κ1) is 15.3. The molecule has 0 heterocycles. The second kappa shape index (κ2) is 5.88. The van der Waals surface area contributed by atoms with Crippen molar-refractivity contribution in [3.8, 4) is 0 Å². The van der Waals surface area contributed by atoms with Crippen LogP contribution in [0.25, 0.3) is 0 Å². The van der Waals surface area contributed by atoms with Gasteiger partial charge < -0.3 is 10.4 Å². The summed E-state index contributed by atoms with van der Waals surface area (Å²) in [5.41, 5.74) is 2.41. The van der Waals surface area contributed by atoms with Gasteiger partial charge in [-0.1, -0.05) is 36.4 Å². The van der Waals surface area contributed by atoms with Gasteiger partial charge in [0.15, 0.2) is 0 Å². The van der Waals surface area contributed by atoms with Crippen molar-refractivity contribution in [3.05, 3.63) is 65.2 Å². The third kappa shape index (κ3) is 3.26. The fourth-order valence-corrected chi connectivity index (χ4v) is 2.77. The molecule has 0 atom stereocenters. The third-order valence-electron chi connectivity index (χ3n) is 4.45. The smallest absolute Gasteiger partial charge is 0.335 e. The lowest BCUT2D eigenvalue weighted by Crippen LogP contribution is -2.26. The number of carboxylic acids is 1. The summed E-state index contributed by atoms with van der Waals surface area (Å²) in [4.78, 5) is 23.8. The van der Waals surface area contributed by atoms with Gasteiger partial charge in [0, 0.05) is 5.69 Å². The molecule has 0 aliphatic heterocycles. The molecule has 118 valence electrons. The number of carboxylic acid groups (broad SMARTS) is 1. The Hall–Kier alpha value is -2.62. The number of carbonyl (C=O) groups excluding carboxylic acids is 1. The first-order valence-electron chi connectivity index (χ1n) is 7.69. The van der Waals surface area contributed by atoms with Crippen molar-refractivity contribution in [1.82, 2.24) is 0 Å². The first-order chi connectivity index (χ1) is 11.0. The molecule has 2 aromatic rings. The minimum Gasteiger partial charge on any atom is -0.478 e. The second-order valence-electron chi connectivity index (χ2n) is 6.23. The van der Waals surface area contributed by atoms with Crippen molar-refractivity contribution in [2.75, 3.05) is 5.32 Å². The van der Waals surface area contributed by atoms with Gasteiger partial charge >= 0.3 is 5.97 Å². The molecule has 0 saturated heterocycles. The molecule has 1 amide bonds. The Labute approximate surface area is 135 Å². The Bertz CT molecular complexity index is 748. The van der Waals surface area contributed by atoms with Gasteiger partial charge in [-0.3, -0.25) is 4.79 Å². The number of carbonyl (C=O) groups is 2. The normalized spacial score (nSPS) is 15.0. The van der Waals surface area contributed by atoms with Crippen LogP contribution in [0.5, 0.6) is 0 Å². The van der Waals surface area contributed by atoms with Crippen molar-refractivity contribution < 1.29 is 14.7 Å². The maximum Gasteiger partial charge on any atom is 0.335 e. The molecule has 0 bridgehead atoms. The monoisotopic (exact) mass is 309 g/mol. The molecule has 2 aromatic carbocycles. The maximum absolute atomic E-state index is 12.7. The van der Waals surface area contributed by atoms with E-state index in [9.17, 15) is 9.59 Å². The lowest BCUT2D eigenvalue weighted by atomic mass is 9.95. The van der Waals surface area contributed by atoms with Gasteiger partial charge in [0.25, 0.3) is 0 Å². The molecule has 1 saturated carbocycles. The number of nitrogens with one attached hydrogen (secondary N) is 1. The lowest BCUT2D eigenvalue weighted by Gasteiger charge is -2.17. The highest BCUT2D eigenvalue weighted by atomic mass is 16.4. The Kier molecular flexibility index (Phi) is 3.90. The van der Waals surface area contributed by atoms with Gasteiger partial charge in [0.1, 0.15) is 0 Å². The molecule has 0 radical (unpaired) electrons. The van der Waals surface area contributed by atoms with Crippen LogP contribution in [0.15, 0.2) is 48.5 Å². The van der Waals surface area contributed by atoms with E-state index in [1.54, 1.807) is 12.1 Å². The molecule has 1 aliphatic carbocycles. The number of hydrogen-bond donors (Lipinski definition) is 2. The number of amides is 1. The minimum atomic E-state index is -0.995. The molecule has 2 N–H and O–H groups in total. The van der Waals surface area contributed by atoms with Crippen LogP contribution in [-0.4, -0.2) is 17.0 Å². The largest absolute Gasteiger partial charge is 0.478 e. The number of anilines is 1. The van der Waals surface area contributed by atoms with Crippen molar-refractivity contribution in [3.63, 3.8) is 0 Å². The molecular formula is C19H19NO3. The van der Waals surface area contributed by atoms with E-state index in [4.69, 9.17) is 5.11 Å². The summed E-state index contributed by atoms with van der Waals surface area (Å²) in [7, 11) is 0. The molecule has 1 aliphatic rings. The molecule has 3 rings (SSSR count). The quantitative estimate of drug-likeness (QED) is 0.886. The van der Waals surface area contributed by atoms with E-state index in [0.29, 0.717) is 5.69 Å². The molecule has 0 aromatic heterocycles. The molecule has 0 spiro atoms. The molecular weight excluding hydrogens is 290 g/mol. The molecule has 4 nitrogen and oxygen atoms in total. The van der Waals surface area contributed by atoms with Crippen LogP contribution in [0.3, 0.4) is 0 Å². The van der Waals surface area contributed by atoms with Crippen LogP contribution in [0.1, 0.15) is 34.3 Å². The summed E-state index contributed by atoms with van der Waals surface area (Å²) in [6.07, 6.45) is 2.45. The van der Waals surface area contributed by atoms with Crippen LogP contribution in [0.4, 0.5) is 5.69 Å². The van der Waals surface area contributed by atoms with Gasteiger partial charge in [0.2, 0.25) is 5.91 Å². The summed E-state index contributed by atoms with van der Waals surface area (Å²) < 4.78 is 0. The SMILES string of the molecule is Cc1ccc(C(=O)O)cc1NC(=O)C1(Cc2ccccc2)CC1. The predicted molar refractivity (Wildman–Crippen MR) is 88.6 cm³/mol. The lowest BCUT2D eigenvalue weighted by molar-refractivity contribution is -0.121. The predicted octanol–water partition coefficient (Wildman–Crippen LogP) is 3.65. The standard InChI is InChI=1S/C19H19NO3/c1-13-7-8-15(17(21)22)11-16(13)20-18(23)19(9-10-19)12-14-5-3-2-4-6-14/h2-8,11H,9-10,12H2,1H3,(H,20,23)(H,21,22). The number of benzene rings is 2. The van der Waals surface area contributed by atoms with Gasteiger partial charge in [0.05, 0.1) is 11.0 Å². The molecule has 0 unspecified atom stereocenters. The second-order valence-corrected chi connectivity index (χ2v) is 6.23. The van der Waals surface area contributed by atoms with Gasteiger partial charge in [-0.05, 0) is 49.4 Å². The fraction of sp³-hybridized carbons (Fsp3) is 0.263. The van der Waals surface area contributed by atoms with Gasteiger partial charge in [-0.15, -0.1) is 0 Å². The Morgan fingerprint density at radius 1 is 1.13 bits per heavy atom. The number of aryl methyl sites for hydroxylation is 1. The van der Waals surface area contributed by atoms with Gasteiger partial charge in [-0.25, -0.2) is 4.79 Å². The number of hydrogen-bond acceptors (Lipinski definition) is 2. The van der Waals surface area contributed by atoms with Crippen molar-refractivity contribution >= 4 is 17.6 Å². The third-order valence-corrected chi connectivity index (χ3v) is 4.45. The van der Waals surface area contributed by atoms with E-state index in [0.717, 1.165) is 30.4 Å². The van der Waals surface area contributed by atoms with Crippen molar-refractivity contribution in [1.29, 1.82) is 0 Å². The Morgan fingerprint density at radius 3 is 2.43 bits per heavy atom. The summed E-state index contributed by atoms with van der Waals surface area (Å²) in [5.74, 6) is -1.02. The van der Waals surface area contributed by atoms with E-state index in [1.165, 1.54) is 6.07 Å². The topological polar surface area (TPSA) is 66.4 Å². The summed E-state index contributed by atoms with van der Waals surface area (Å²) >= 11 is 0. The van der Waals surface area contributed by atoms with E-state index < -0.39 is 5.97 Å². The zero-order valence-electron chi connectivity index (χ0n) is 13.0. The minimum absolute atomic E-state index is 0.0213. The summed E-state index contributed by atoms with van der Waals surface area (Å²) in [6, 6.07) is 14.8. The zero-order chi connectivity index (χ0) is 16.4. The van der Waals surface area contributed by atoms with E-state index in [2.05, 4.69) is 5.32 Å². The highest BCUT2D eigenvalue weighted by Crippen LogP contribution is 2.49. The Balaban J connectivity index is 1.77. The van der Waals surface area contributed by atoms with E-state index in [-0.39, 0.29) is 16.9 Å². The van der Waals surface area contributed by atoms with Crippen molar-refractivity contribution in [2.45, 2.75) is 26.2 Å². The maximum atomic E-state index is 12.7. The van der Waals surface area contributed by atoms with Crippen LogP contribution < -0.4 is 5.32 Å². The van der Waals surface area contributed by atoms with Crippen LogP contribution in [0.2, 0.25) is 0 Å². The average Bonchev–Trinajstić information content (AvgIpc) is 3.31. The van der Waals surface area contributed by atoms with E-state index >= 15 is 0 Å². The zero-order valence-corrected chi connectivity index (χ0v) is 13.0. The molecule has 1 fully saturated rings. The number of aromatic carboxylic acids is 1. The average molecular weight is 309 g/mol. The summed E-state index contributed by atoms with van der Waals surface area (Å²) in [6.45, 7) is 1.86. The molecule has 4 heteroatoms. The summed E-state index contributed by atoms with van der Waals surface area (Å²) in [5, 5.41) is 12.0. The Morgan fingerprint density at radius 2 is 1.83 bits per heavy atom. The molecule has 23 heavy (non-hydrogen) atoms. The van der Waals surface area contributed by atoms with Crippen molar-refractivity contribution in [2.24, 2.45) is 5.41 Å². The van der Waals surface area contributed by atoms with Crippen LogP contribution in [-0.2, 0) is 11.2 Å². The fourth-order valence-electron chi connectivity index (χ4n) is 2.77. The highest BCUT2D eigenvalue weighted by Gasteiger charge is 2.49. The highest BCUT2D eigenvalue weighted by molar-refractivity contribution is 5.99. The van der Waals surface area contributed by atoms with Crippen LogP contribution in [0, 0.1) is 12.3 Å². The van der Waals surface area contributed by atoms with Crippen LogP contribution >= 0.6 is 0 Å². The number of rotatable bonds is 5.